The average molecular weight is 255 g/mol. The van der Waals surface area contributed by atoms with Crippen molar-refractivity contribution >= 4 is 0 Å². The van der Waals surface area contributed by atoms with Crippen LogP contribution in [0.25, 0.3) is 0 Å². The lowest BCUT2D eigenvalue weighted by Crippen LogP contribution is -2.36. The highest BCUT2D eigenvalue weighted by atomic mass is 16.5. The van der Waals surface area contributed by atoms with Crippen LogP contribution in [0.2, 0.25) is 0 Å². The molecule has 0 spiro atoms. The molecule has 1 aliphatic carbocycles. The zero-order valence-electron chi connectivity index (χ0n) is 12.5. The van der Waals surface area contributed by atoms with Gasteiger partial charge in [0.25, 0.3) is 0 Å². The summed E-state index contributed by atoms with van der Waals surface area (Å²) in [6.07, 6.45) is 11.8. The minimum atomic E-state index is 0.399. The molecule has 0 aromatic carbocycles. The van der Waals surface area contributed by atoms with Crippen molar-refractivity contribution in [2.75, 3.05) is 19.8 Å². The van der Waals surface area contributed by atoms with Crippen LogP contribution in [0.1, 0.15) is 71.6 Å². The van der Waals surface area contributed by atoms with Crippen LogP contribution in [0, 0.1) is 11.3 Å². The fourth-order valence-electron chi connectivity index (χ4n) is 3.18. The van der Waals surface area contributed by atoms with E-state index in [2.05, 4.69) is 13.8 Å². The molecule has 18 heavy (non-hydrogen) atoms. The molecule has 0 aliphatic heterocycles. The lowest BCUT2D eigenvalue weighted by molar-refractivity contribution is 0.0651. The molecule has 0 saturated heterocycles. The Labute approximate surface area is 114 Å². The van der Waals surface area contributed by atoms with Gasteiger partial charge in [0.15, 0.2) is 0 Å². The van der Waals surface area contributed by atoms with Crippen molar-refractivity contribution in [1.29, 1.82) is 0 Å². The highest BCUT2D eigenvalue weighted by molar-refractivity contribution is 4.86. The molecule has 1 fully saturated rings. The highest BCUT2D eigenvalue weighted by Crippen LogP contribution is 2.42. The van der Waals surface area contributed by atoms with Gasteiger partial charge in [-0.2, -0.15) is 0 Å². The first-order valence-electron chi connectivity index (χ1n) is 8.04. The molecule has 0 atom stereocenters. The van der Waals surface area contributed by atoms with Crippen LogP contribution in [0.5, 0.6) is 0 Å². The summed E-state index contributed by atoms with van der Waals surface area (Å²) < 4.78 is 5.72. The summed E-state index contributed by atoms with van der Waals surface area (Å²) in [5.74, 6) is 0.968. The van der Waals surface area contributed by atoms with Crippen LogP contribution < -0.4 is 5.73 Å². The van der Waals surface area contributed by atoms with E-state index >= 15 is 0 Å². The van der Waals surface area contributed by atoms with E-state index in [0.717, 1.165) is 25.7 Å². The van der Waals surface area contributed by atoms with Crippen LogP contribution in [0.15, 0.2) is 0 Å². The summed E-state index contributed by atoms with van der Waals surface area (Å²) in [7, 11) is 0. The number of nitrogens with two attached hydrogens (primary N) is 1. The van der Waals surface area contributed by atoms with Crippen molar-refractivity contribution in [3.63, 3.8) is 0 Å². The molecule has 0 bridgehead atoms. The Morgan fingerprint density at radius 3 is 2.39 bits per heavy atom. The maximum Gasteiger partial charge on any atom is 0.0471 e. The number of rotatable bonds is 9. The van der Waals surface area contributed by atoms with E-state index in [0.29, 0.717) is 5.41 Å². The first kappa shape index (κ1) is 16.0. The van der Waals surface area contributed by atoms with Gasteiger partial charge in [-0.1, -0.05) is 33.1 Å². The van der Waals surface area contributed by atoms with Crippen molar-refractivity contribution in [1.82, 2.24) is 0 Å². The summed E-state index contributed by atoms with van der Waals surface area (Å²) >= 11 is 0. The van der Waals surface area contributed by atoms with Gasteiger partial charge in [-0.3, -0.25) is 0 Å². The number of hydrogen-bond donors (Lipinski definition) is 1. The second-order valence-corrected chi connectivity index (χ2v) is 6.15. The molecule has 1 aliphatic rings. The molecular formula is C16H33NO. The van der Waals surface area contributed by atoms with Crippen molar-refractivity contribution in [2.24, 2.45) is 17.1 Å². The van der Waals surface area contributed by atoms with Gasteiger partial charge in [0, 0.05) is 13.2 Å². The molecule has 0 aromatic rings. The molecule has 108 valence electrons. The lowest BCUT2D eigenvalue weighted by atomic mass is 9.68. The Bertz CT molecular complexity index is 197. The Balaban J connectivity index is 2.23. The Kier molecular flexibility index (Phi) is 7.92. The quantitative estimate of drug-likeness (QED) is 0.629. The summed E-state index contributed by atoms with van der Waals surface area (Å²) in [5.41, 5.74) is 6.44. The summed E-state index contributed by atoms with van der Waals surface area (Å²) in [6, 6.07) is 0. The fraction of sp³-hybridized carbons (Fsp3) is 1.00. The van der Waals surface area contributed by atoms with E-state index in [9.17, 15) is 0 Å². The van der Waals surface area contributed by atoms with Crippen molar-refractivity contribution in [3.05, 3.63) is 0 Å². The molecule has 0 amide bonds. The average Bonchev–Trinajstić information content (AvgIpc) is 2.41. The molecule has 2 nitrogen and oxygen atoms in total. The minimum absolute atomic E-state index is 0.399. The third-order valence-corrected chi connectivity index (χ3v) is 4.71. The molecule has 0 aromatic heterocycles. The van der Waals surface area contributed by atoms with Crippen LogP contribution in [-0.4, -0.2) is 19.8 Å². The zero-order valence-corrected chi connectivity index (χ0v) is 12.5. The van der Waals surface area contributed by atoms with E-state index < -0.39 is 0 Å². The number of hydrogen-bond acceptors (Lipinski definition) is 2. The molecule has 1 saturated carbocycles. The predicted octanol–water partition coefficient (Wildman–Crippen LogP) is 4.13. The molecule has 2 heteroatoms. The Morgan fingerprint density at radius 1 is 1.11 bits per heavy atom. The van der Waals surface area contributed by atoms with Gasteiger partial charge in [-0.25, -0.2) is 0 Å². The fourth-order valence-corrected chi connectivity index (χ4v) is 3.18. The van der Waals surface area contributed by atoms with Crippen LogP contribution in [0.4, 0.5) is 0 Å². The second-order valence-electron chi connectivity index (χ2n) is 6.15. The third-order valence-electron chi connectivity index (χ3n) is 4.71. The lowest BCUT2D eigenvalue weighted by Gasteiger charge is -2.39. The molecule has 2 N–H and O–H groups in total. The smallest absolute Gasteiger partial charge is 0.0471 e. The van der Waals surface area contributed by atoms with Crippen LogP contribution >= 0.6 is 0 Å². The second kappa shape index (κ2) is 8.92. The van der Waals surface area contributed by atoms with E-state index in [4.69, 9.17) is 10.5 Å². The van der Waals surface area contributed by atoms with Gasteiger partial charge in [0.1, 0.15) is 0 Å². The van der Waals surface area contributed by atoms with Gasteiger partial charge in [0.2, 0.25) is 0 Å². The first-order valence-corrected chi connectivity index (χ1v) is 8.04. The molecular weight excluding hydrogens is 222 g/mol. The standard InChI is InChI=1S/C16H33NO/c1-3-5-12-18-13-11-16(14-17)9-7-15(6-4-2)8-10-16/h15H,3-14,17H2,1-2H3. The first-order chi connectivity index (χ1) is 8.76. The Hall–Kier alpha value is -0.0800. The highest BCUT2D eigenvalue weighted by Gasteiger charge is 2.33. The summed E-state index contributed by atoms with van der Waals surface area (Å²) in [4.78, 5) is 0. The third kappa shape index (κ3) is 5.27. The van der Waals surface area contributed by atoms with Gasteiger partial charge in [-0.05, 0) is 56.4 Å². The van der Waals surface area contributed by atoms with E-state index in [1.165, 1.54) is 57.8 Å². The SMILES string of the molecule is CCCCOCCC1(CN)CCC(CCC)CC1. The summed E-state index contributed by atoms with van der Waals surface area (Å²) in [6.45, 7) is 7.19. The topological polar surface area (TPSA) is 35.2 Å². The maximum absolute atomic E-state index is 6.04. The zero-order chi connectivity index (χ0) is 13.3. The van der Waals surface area contributed by atoms with E-state index in [-0.39, 0.29) is 0 Å². The molecule has 0 unspecified atom stereocenters. The largest absolute Gasteiger partial charge is 0.381 e. The van der Waals surface area contributed by atoms with Gasteiger partial charge in [-0.15, -0.1) is 0 Å². The number of unbranched alkanes of at least 4 members (excludes halogenated alkanes) is 1. The monoisotopic (exact) mass is 255 g/mol. The van der Waals surface area contributed by atoms with Gasteiger partial charge < -0.3 is 10.5 Å². The maximum atomic E-state index is 6.04. The van der Waals surface area contributed by atoms with Crippen molar-refractivity contribution in [3.8, 4) is 0 Å². The van der Waals surface area contributed by atoms with Gasteiger partial charge >= 0.3 is 0 Å². The van der Waals surface area contributed by atoms with E-state index in [1.807, 2.05) is 0 Å². The number of ether oxygens (including phenoxy) is 1. The van der Waals surface area contributed by atoms with Crippen LogP contribution in [0.3, 0.4) is 0 Å². The molecule has 0 heterocycles. The minimum Gasteiger partial charge on any atom is -0.381 e. The van der Waals surface area contributed by atoms with E-state index in [1.54, 1.807) is 0 Å². The normalized spacial score (nSPS) is 28.5. The van der Waals surface area contributed by atoms with Gasteiger partial charge in [0.05, 0.1) is 0 Å². The predicted molar refractivity (Wildman–Crippen MR) is 78.7 cm³/mol. The Morgan fingerprint density at radius 2 is 1.83 bits per heavy atom. The molecule has 1 rings (SSSR count). The van der Waals surface area contributed by atoms with Crippen LogP contribution in [-0.2, 0) is 4.74 Å². The molecule has 0 radical (unpaired) electrons. The van der Waals surface area contributed by atoms with Crippen molar-refractivity contribution < 1.29 is 4.74 Å². The van der Waals surface area contributed by atoms with Crippen molar-refractivity contribution in [2.45, 2.75) is 71.6 Å². The summed E-state index contributed by atoms with van der Waals surface area (Å²) in [5, 5.41) is 0.